The van der Waals surface area contributed by atoms with E-state index in [1.54, 1.807) is 0 Å². The van der Waals surface area contributed by atoms with Crippen molar-refractivity contribution in [1.29, 1.82) is 0 Å². The Kier molecular flexibility index (Phi) is 2.88. The fraction of sp³-hybridized carbons (Fsp3) is 0.455. The number of hydrogen-bond donors (Lipinski definition) is 1. The molecule has 0 aromatic heterocycles. The van der Waals surface area contributed by atoms with Crippen LogP contribution in [-0.4, -0.2) is 6.04 Å². The Bertz CT molecular complexity index is 223. The summed E-state index contributed by atoms with van der Waals surface area (Å²) in [4.78, 5) is 0. The Hall–Kier alpha value is -0.820. The SMILES string of the molecule is CC(N)C1(C)C=CC/C=C/C=C\1. The smallest absolute Gasteiger partial charge is 0.0185 e. The highest BCUT2D eigenvalue weighted by Gasteiger charge is 2.21. The van der Waals surface area contributed by atoms with Gasteiger partial charge in [-0.25, -0.2) is 0 Å². The zero-order chi connectivity index (χ0) is 9.03. The van der Waals surface area contributed by atoms with E-state index in [4.69, 9.17) is 5.73 Å². The third kappa shape index (κ3) is 2.08. The second-order valence-electron chi connectivity index (χ2n) is 3.58. The monoisotopic (exact) mass is 163 g/mol. The van der Waals surface area contributed by atoms with E-state index in [9.17, 15) is 0 Å². The van der Waals surface area contributed by atoms with E-state index in [0.717, 1.165) is 6.42 Å². The molecule has 2 unspecified atom stereocenters. The Morgan fingerprint density at radius 3 is 2.67 bits per heavy atom. The molecule has 0 spiro atoms. The molecule has 0 fully saturated rings. The van der Waals surface area contributed by atoms with Crippen LogP contribution < -0.4 is 5.73 Å². The highest BCUT2D eigenvalue weighted by molar-refractivity contribution is 5.20. The summed E-state index contributed by atoms with van der Waals surface area (Å²) in [5, 5.41) is 0. The third-order valence-electron chi connectivity index (χ3n) is 2.43. The van der Waals surface area contributed by atoms with Gasteiger partial charge in [0.1, 0.15) is 0 Å². The summed E-state index contributed by atoms with van der Waals surface area (Å²) in [5.41, 5.74) is 5.91. The minimum atomic E-state index is 0.0186. The van der Waals surface area contributed by atoms with Gasteiger partial charge in [0, 0.05) is 11.5 Å². The Labute approximate surface area is 74.7 Å². The van der Waals surface area contributed by atoms with E-state index >= 15 is 0 Å². The quantitative estimate of drug-likeness (QED) is 0.590. The molecular weight excluding hydrogens is 146 g/mol. The Morgan fingerprint density at radius 2 is 2.00 bits per heavy atom. The van der Waals surface area contributed by atoms with Gasteiger partial charge >= 0.3 is 0 Å². The molecule has 0 aromatic rings. The molecule has 1 aliphatic carbocycles. The summed E-state index contributed by atoms with van der Waals surface area (Å²) in [6.45, 7) is 4.20. The molecule has 0 bridgehead atoms. The maximum atomic E-state index is 5.90. The molecule has 66 valence electrons. The lowest BCUT2D eigenvalue weighted by Gasteiger charge is -2.26. The molecule has 12 heavy (non-hydrogen) atoms. The van der Waals surface area contributed by atoms with Gasteiger partial charge in [-0.15, -0.1) is 0 Å². The molecule has 0 radical (unpaired) electrons. The van der Waals surface area contributed by atoms with Crippen molar-refractivity contribution in [1.82, 2.24) is 0 Å². The van der Waals surface area contributed by atoms with Crippen molar-refractivity contribution < 1.29 is 0 Å². The maximum absolute atomic E-state index is 5.90. The van der Waals surface area contributed by atoms with E-state index in [2.05, 4.69) is 43.4 Å². The standard InChI is InChI=1S/C11H17N/c1-10(12)11(2)8-6-4-3-5-7-9-11/h3-4,6-10H,5,12H2,1-2H3/b4-3+,8-6-,9-7?. The summed E-state index contributed by atoms with van der Waals surface area (Å²) in [5.74, 6) is 0. The molecule has 1 aliphatic rings. The first-order valence-corrected chi connectivity index (χ1v) is 4.43. The average Bonchev–Trinajstić information content (AvgIpc) is 1.97. The van der Waals surface area contributed by atoms with Crippen molar-refractivity contribution in [3.8, 4) is 0 Å². The average molecular weight is 163 g/mol. The van der Waals surface area contributed by atoms with Gasteiger partial charge in [-0.1, -0.05) is 43.4 Å². The van der Waals surface area contributed by atoms with Crippen molar-refractivity contribution in [2.45, 2.75) is 26.3 Å². The Balaban J connectivity index is 2.87. The minimum absolute atomic E-state index is 0.0186. The fourth-order valence-corrected chi connectivity index (χ4v) is 1.18. The van der Waals surface area contributed by atoms with Crippen LogP contribution in [0.5, 0.6) is 0 Å². The van der Waals surface area contributed by atoms with Gasteiger partial charge in [0.05, 0.1) is 0 Å². The van der Waals surface area contributed by atoms with Crippen LogP contribution in [0.3, 0.4) is 0 Å². The van der Waals surface area contributed by atoms with Crippen LogP contribution in [0.15, 0.2) is 36.5 Å². The molecule has 1 nitrogen and oxygen atoms in total. The fourth-order valence-electron chi connectivity index (χ4n) is 1.18. The first kappa shape index (κ1) is 9.27. The van der Waals surface area contributed by atoms with Gasteiger partial charge in [-0.2, -0.15) is 0 Å². The largest absolute Gasteiger partial charge is 0.327 e. The van der Waals surface area contributed by atoms with Gasteiger partial charge in [-0.3, -0.25) is 0 Å². The zero-order valence-corrected chi connectivity index (χ0v) is 7.83. The van der Waals surface area contributed by atoms with Crippen LogP contribution in [0, 0.1) is 5.41 Å². The van der Waals surface area contributed by atoms with Crippen LogP contribution in [-0.2, 0) is 0 Å². The first-order chi connectivity index (χ1) is 5.65. The van der Waals surface area contributed by atoms with Crippen molar-refractivity contribution in [3.63, 3.8) is 0 Å². The van der Waals surface area contributed by atoms with Gasteiger partial charge in [0.2, 0.25) is 0 Å². The van der Waals surface area contributed by atoms with Gasteiger partial charge in [0.25, 0.3) is 0 Å². The van der Waals surface area contributed by atoms with Crippen molar-refractivity contribution in [3.05, 3.63) is 36.5 Å². The lowest BCUT2D eigenvalue weighted by molar-refractivity contribution is 0.448. The van der Waals surface area contributed by atoms with Crippen LogP contribution in [0.25, 0.3) is 0 Å². The predicted octanol–water partition coefficient (Wildman–Crippen LogP) is 2.41. The molecule has 0 saturated heterocycles. The lowest BCUT2D eigenvalue weighted by atomic mass is 9.82. The second-order valence-corrected chi connectivity index (χ2v) is 3.58. The molecule has 2 N–H and O–H groups in total. The molecule has 1 heteroatoms. The van der Waals surface area contributed by atoms with Crippen molar-refractivity contribution >= 4 is 0 Å². The summed E-state index contributed by atoms with van der Waals surface area (Å²) < 4.78 is 0. The van der Waals surface area contributed by atoms with E-state index < -0.39 is 0 Å². The van der Waals surface area contributed by atoms with Gasteiger partial charge in [0.15, 0.2) is 0 Å². The lowest BCUT2D eigenvalue weighted by Crippen LogP contribution is -2.33. The topological polar surface area (TPSA) is 26.0 Å². The molecule has 0 aliphatic heterocycles. The molecule has 0 amide bonds. The van der Waals surface area contributed by atoms with E-state index in [0.29, 0.717) is 0 Å². The normalized spacial score (nSPS) is 36.6. The minimum Gasteiger partial charge on any atom is -0.327 e. The second kappa shape index (κ2) is 3.72. The van der Waals surface area contributed by atoms with Crippen LogP contribution >= 0.6 is 0 Å². The third-order valence-corrected chi connectivity index (χ3v) is 2.43. The highest BCUT2D eigenvalue weighted by atomic mass is 14.7. The summed E-state index contributed by atoms with van der Waals surface area (Å²) >= 11 is 0. The van der Waals surface area contributed by atoms with Gasteiger partial charge in [-0.05, 0) is 13.3 Å². The molecule has 0 aromatic carbocycles. The van der Waals surface area contributed by atoms with Crippen LogP contribution in [0.2, 0.25) is 0 Å². The van der Waals surface area contributed by atoms with Gasteiger partial charge < -0.3 is 5.73 Å². The van der Waals surface area contributed by atoms with Crippen LogP contribution in [0.1, 0.15) is 20.3 Å². The number of nitrogens with two attached hydrogens (primary N) is 1. The van der Waals surface area contributed by atoms with E-state index in [1.807, 2.05) is 6.92 Å². The van der Waals surface area contributed by atoms with E-state index in [-0.39, 0.29) is 11.5 Å². The molecule has 1 rings (SSSR count). The zero-order valence-electron chi connectivity index (χ0n) is 7.83. The summed E-state index contributed by atoms with van der Waals surface area (Å²) in [7, 11) is 0. The summed E-state index contributed by atoms with van der Waals surface area (Å²) in [6.07, 6.45) is 13.8. The first-order valence-electron chi connectivity index (χ1n) is 4.43. The molecule has 0 saturated carbocycles. The molecule has 0 heterocycles. The van der Waals surface area contributed by atoms with Crippen molar-refractivity contribution in [2.24, 2.45) is 11.1 Å². The maximum Gasteiger partial charge on any atom is 0.0185 e. The number of allylic oxidation sites excluding steroid dienone is 4. The molecule has 2 atom stereocenters. The Morgan fingerprint density at radius 1 is 1.25 bits per heavy atom. The highest BCUT2D eigenvalue weighted by Crippen LogP contribution is 2.25. The summed E-state index contributed by atoms with van der Waals surface area (Å²) in [6, 6.07) is 0.163. The van der Waals surface area contributed by atoms with Crippen LogP contribution in [0.4, 0.5) is 0 Å². The van der Waals surface area contributed by atoms with Crippen molar-refractivity contribution in [2.75, 3.05) is 0 Å². The van der Waals surface area contributed by atoms with E-state index in [1.165, 1.54) is 0 Å². The number of rotatable bonds is 1. The predicted molar refractivity (Wildman–Crippen MR) is 53.8 cm³/mol. The molecular formula is C11H17N. The number of hydrogen-bond acceptors (Lipinski definition) is 1.